The van der Waals surface area contributed by atoms with Gasteiger partial charge in [-0.05, 0) is 65.3 Å². The number of imidazole rings is 1. The summed E-state index contributed by atoms with van der Waals surface area (Å²) < 4.78 is 2.39. The smallest absolute Gasteiger partial charge is 0.205 e. The van der Waals surface area contributed by atoms with E-state index in [1.807, 2.05) is 18.2 Å². The number of aromatic amines is 1. The quantitative estimate of drug-likeness (QED) is 0.176. The predicted octanol–water partition coefficient (Wildman–Crippen LogP) is 7.69. The minimum Gasteiger partial charge on any atom is -0.324 e. The first kappa shape index (κ1) is 26.5. The van der Waals surface area contributed by atoms with Gasteiger partial charge in [0.1, 0.15) is 5.82 Å². The molecule has 0 aliphatic heterocycles. The molecule has 6 nitrogen and oxygen atoms in total. The van der Waals surface area contributed by atoms with Gasteiger partial charge in [0.15, 0.2) is 0 Å². The number of hydrogen-bond donors (Lipinski definition) is 1. The molecule has 0 aliphatic carbocycles. The molecule has 0 fully saturated rings. The Kier molecular flexibility index (Phi) is 8.27. The number of nitrogens with zero attached hydrogens (tertiary/aromatic N) is 5. The number of unbranched alkanes of at least 4 members (excludes halogenated alkanes) is 1. The fourth-order valence-electron chi connectivity index (χ4n) is 4.80. The molecule has 1 N–H and O–H groups in total. The highest BCUT2D eigenvalue weighted by molar-refractivity contribution is 7.09. The summed E-state index contributed by atoms with van der Waals surface area (Å²) in [5.41, 5.74) is 8.96. The van der Waals surface area contributed by atoms with E-state index < -0.39 is 0 Å². The van der Waals surface area contributed by atoms with E-state index in [2.05, 4.69) is 106 Å². The Balaban J connectivity index is 1.48. The highest BCUT2D eigenvalue weighted by atomic mass is 32.1. The summed E-state index contributed by atoms with van der Waals surface area (Å²) in [4.78, 5) is 6.37. The highest BCUT2D eigenvalue weighted by Crippen LogP contribution is 2.30. The largest absolute Gasteiger partial charge is 0.324 e. The van der Waals surface area contributed by atoms with Gasteiger partial charge in [-0.3, -0.25) is 0 Å². The third kappa shape index (κ3) is 6.15. The van der Waals surface area contributed by atoms with Gasteiger partial charge in [-0.2, -0.15) is 5.21 Å². The molecule has 3 heterocycles. The lowest BCUT2D eigenvalue weighted by atomic mass is 9.98. The molecule has 2 aromatic carbocycles. The number of tetrazole rings is 1. The van der Waals surface area contributed by atoms with E-state index in [1.165, 1.54) is 21.7 Å². The summed E-state index contributed by atoms with van der Waals surface area (Å²) in [5.74, 6) is 1.74. The van der Waals surface area contributed by atoms with Crippen LogP contribution < -0.4 is 0 Å². The van der Waals surface area contributed by atoms with E-state index in [9.17, 15) is 0 Å². The van der Waals surface area contributed by atoms with E-state index in [-0.39, 0.29) is 0 Å². The predicted molar refractivity (Wildman–Crippen MR) is 161 cm³/mol. The summed E-state index contributed by atoms with van der Waals surface area (Å²) in [6, 6.07) is 21.2. The standard InChI is InChI=1S/C32H34N6S/c1-5-6-13-31-33-23(4)30(20-26(22(2)3)19-27-10-9-18-39-27)38(31)21-24-14-16-25(17-15-24)28-11-7-8-12-29(28)32-34-36-37-35-32/h7-12,14-18,20H,2,5-6,13,19,21H2,1,3-4H3,(H,34,35,36,37)/b26-20-. The average Bonchev–Trinajstić information content (AvgIpc) is 3.72. The van der Waals surface area contributed by atoms with Gasteiger partial charge in [-0.25, -0.2) is 4.98 Å². The zero-order chi connectivity index (χ0) is 27.2. The topological polar surface area (TPSA) is 72.3 Å². The third-order valence-corrected chi connectivity index (χ3v) is 7.82. The maximum atomic E-state index is 5.03. The first-order valence-electron chi connectivity index (χ1n) is 13.4. The molecule has 3 aromatic heterocycles. The van der Waals surface area contributed by atoms with Crippen LogP contribution in [0.4, 0.5) is 0 Å². The Morgan fingerprint density at radius 1 is 1.05 bits per heavy atom. The molecule has 0 aliphatic rings. The molecule has 0 bridgehead atoms. The molecular weight excluding hydrogens is 500 g/mol. The Labute approximate surface area is 234 Å². The molecule has 5 aromatic rings. The van der Waals surface area contributed by atoms with Crippen LogP contribution in [0, 0.1) is 6.92 Å². The van der Waals surface area contributed by atoms with E-state index in [0.29, 0.717) is 5.82 Å². The number of nitrogens with one attached hydrogen (secondary N) is 1. The van der Waals surface area contributed by atoms with Crippen molar-refractivity contribution in [3.05, 3.63) is 111 Å². The maximum absolute atomic E-state index is 5.03. The van der Waals surface area contributed by atoms with E-state index >= 15 is 0 Å². The SMILES string of the molecule is C=C(C)/C(=C\c1c(C)nc(CCCC)n1Cc1ccc(-c2ccccc2-c2nn[nH]n2)cc1)Cc1cccs1. The van der Waals surface area contributed by atoms with Crippen LogP contribution in [0.3, 0.4) is 0 Å². The summed E-state index contributed by atoms with van der Waals surface area (Å²) in [6.45, 7) is 11.5. The highest BCUT2D eigenvalue weighted by Gasteiger charge is 2.16. The molecule has 0 amide bonds. The summed E-state index contributed by atoms with van der Waals surface area (Å²) in [6.07, 6.45) is 6.41. The Morgan fingerprint density at radius 3 is 2.51 bits per heavy atom. The van der Waals surface area contributed by atoms with Crippen molar-refractivity contribution in [1.82, 2.24) is 30.2 Å². The summed E-state index contributed by atoms with van der Waals surface area (Å²) in [7, 11) is 0. The minimum atomic E-state index is 0.594. The number of benzene rings is 2. The second kappa shape index (κ2) is 12.2. The van der Waals surface area contributed by atoms with Gasteiger partial charge in [0.25, 0.3) is 0 Å². The van der Waals surface area contributed by atoms with Crippen molar-refractivity contribution in [3.8, 4) is 22.5 Å². The lowest BCUT2D eigenvalue weighted by Crippen LogP contribution is -2.08. The lowest BCUT2D eigenvalue weighted by Gasteiger charge is -2.14. The third-order valence-electron chi connectivity index (χ3n) is 6.95. The number of aryl methyl sites for hydroxylation is 2. The van der Waals surface area contributed by atoms with Crippen LogP contribution in [-0.2, 0) is 19.4 Å². The lowest BCUT2D eigenvalue weighted by molar-refractivity contribution is 0.675. The minimum absolute atomic E-state index is 0.594. The zero-order valence-electron chi connectivity index (χ0n) is 22.8. The normalized spacial score (nSPS) is 11.7. The van der Waals surface area contributed by atoms with E-state index in [1.54, 1.807) is 11.3 Å². The van der Waals surface area contributed by atoms with Gasteiger partial charge in [-0.15, -0.1) is 21.5 Å². The fraction of sp³-hybridized carbons (Fsp3) is 0.250. The van der Waals surface area contributed by atoms with Crippen molar-refractivity contribution >= 4 is 17.4 Å². The molecule has 0 saturated carbocycles. The number of H-pyrrole nitrogens is 1. The van der Waals surface area contributed by atoms with Crippen LogP contribution in [0.5, 0.6) is 0 Å². The maximum Gasteiger partial charge on any atom is 0.205 e. The van der Waals surface area contributed by atoms with Crippen molar-refractivity contribution in [2.24, 2.45) is 0 Å². The first-order valence-corrected chi connectivity index (χ1v) is 14.3. The van der Waals surface area contributed by atoms with Gasteiger partial charge in [-0.1, -0.05) is 80.1 Å². The van der Waals surface area contributed by atoms with Gasteiger partial charge in [0, 0.05) is 29.8 Å². The van der Waals surface area contributed by atoms with Gasteiger partial charge in [0.2, 0.25) is 5.82 Å². The van der Waals surface area contributed by atoms with Crippen LogP contribution in [0.25, 0.3) is 28.6 Å². The van der Waals surface area contributed by atoms with Crippen molar-refractivity contribution in [1.29, 1.82) is 0 Å². The van der Waals surface area contributed by atoms with Crippen LogP contribution in [0.1, 0.15) is 54.3 Å². The molecule has 0 saturated heterocycles. The van der Waals surface area contributed by atoms with Crippen molar-refractivity contribution < 1.29 is 0 Å². The molecule has 7 heteroatoms. The Hall–Kier alpha value is -4.10. The average molecular weight is 535 g/mol. The monoisotopic (exact) mass is 534 g/mol. The first-order chi connectivity index (χ1) is 19.0. The number of aromatic nitrogens is 6. The van der Waals surface area contributed by atoms with Crippen molar-refractivity contribution in [3.63, 3.8) is 0 Å². The summed E-state index contributed by atoms with van der Waals surface area (Å²) >= 11 is 1.79. The molecule has 0 radical (unpaired) electrons. The second-order valence-corrected chi connectivity index (χ2v) is 10.9. The van der Waals surface area contributed by atoms with E-state index in [0.717, 1.165) is 66.0 Å². The Bertz CT molecular complexity index is 1560. The van der Waals surface area contributed by atoms with Crippen molar-refractivity contribution in [2.75, 3.05) is 0 Å². The van der Waals surface area contributed by atoms with Crippen LogP contribution in [0.2, 0.25) is 0 Å². The molecule has 5 rings (SSSR count). The molecular formula is C32H34N6S. The summed E-state index contributed by atoms with van der Waals surface area (Å²) in [5, 5.41) is 16.8. The van der Waals surface area contributed by atoms with Crippen LogP contribution >= 0.6 is 11.3 Å². The number of allylic oxidation sites excluding steroid dienone is 2. The fourth-order valence-corrected chi connectivity index (χ4v) is 5.53. The molecule has 39 heavy (non-hydrogen) atoms. The van der Waals surface area contributed by atoms with Crippen molar-refractivity contribution in [2.45, 2.75) is 53.0 Å². The number of rotatable bonds is 11. The zero-order valence-corrected chi connectivity index (χ0v) is 23.6. The van der Waals surface area contributed by atoms with Gasteiger partial charge >= 0.3 is 0 Å². The second-order valence-electron chi connectivity index (χ2n) is 9.87. The van der Waals surface area contributed by atoms with Gasteiger partial charge < -0.3 is 4.57 Å². The molecule has 198 valence electrons. The molecule has 0 unspecified atom stereocenters. The number of hydrogen-bond acceptors (Lipinski definition) is 5. The number of thiophene rings is 1. The molecule has 0 atom stereocenters. The molecule has 0 spiro atoms. The van der Waals surface area contributed by atoms with Gasteiger partial charge in [0.05, 0.1) is 11.4 Å². The van der Waals surface area contributed by atoms with E-state index in [4.69, 9.17) is 4.98 Å². The Morgan fingerprint density at radius 2 is 1.85 bits per heavy atom. The van der Waals surface area contributed by atoms with Crippen LogP contribution in [0.15, 0.2) is 83.8 Å². The van der Waals surface area contributed by atoms with Crippen LogP contribution in [-0.4, -0.2) is 30.2 Å².